The summed E-state index contributed by atoms with van der Waals surface area (Å²) in [5.74, 6) is 0. The van der Waals surface area contributed by atoms with Gasteiger partial charge in [-0.2, -0.15) is 0 Å². The molecule has 2 rings (SSSR count). The van der Waals surface area contributed by atoms with E-state index >= 15 is 0 Å². The summed E-state index contributed by atoms with van der Waals surface area (Å²) in [7, 11) is 0. The van der Waals surface area contributed by atoms with Gasteiger partial charge < -0.3 is 0 Å². The largest absolute Gasteiger partial charge is 0.0905 e. The maximum absolute atomic E-state index is 4.20. The number of hydrogen-bond donors (Lipinski definition) is 0. The van der Waals surface area contributed by atoms with Gasteiger partial charge in [0, 0.05) is 0 Å². The van der Waals surface area contributed by atoms with E-state index in [1.54, 1.807) is 0 Å². The second-order valence-corrected chi connectivity index (χ2v) is 3.91. The van der Waals surface area contributed by atoms with Gasteiger partial charge in [0.05, 0.1) is 0 Å². The number of benzene rings is 2. The molecule has 0 bridgehead atoms. The monoisotopic (exact) mass is 220 g/mol. The molecule has 0 unspecified atom stereocenters. The van der Waals surface area contributed by atoms with E-state index in [0.29, 0.717) is 0 Å². The number of allylic oxidation sites excluding steroid dienone is 3. The van der Waals surface area contributed by atoms with E-state index < -0.39 is 0 Å². The van der Waals surface area contributed by atoms with Crippen molar-refractivity contribution < 1.29 is 0 Å². The Morgan fingerprint density at radius 3 is 1.76 bits per heavy atom. The zero-order chi connectivity index (χ0) is 12.1. The number of rotatable bonds is 3. The zero-order valence-corrected chi connectivity index (χ0v) is 10.1. The Hall–Kier alpha value is -2.08. The molecule has 0 saturated heterocycles. The summed E-state index contributed by atoms with van der Waals surface area (Å²) in [6.45, 7) is 6.26. The molecule has 2 aromatic rings. The predicted octanol–water partition coefficient (Wildman–Crippen LogP) is 4.80. The first-order chi connectivity index (χ1) is 8.33. The van der Waals surface area contributed by atoms with Crippen LogP contribution in [0.4, 0.5) is 0 Å². The normalized spacial score (nSPS) is 11.2. The molecule has 0 aromatic heterocycles. The second kappa shape index (κ2) is 5.31. The van der Waals surface area contributed by atoms with Crippen LogP contribution < -0.4 is 0 Å². The Labute approximate surface area is 103 Å². The molecular weight excluding hydrogens is 204 g/mol. The lowest BCUT2D eigenvalue weighted by molar-refractivity contribution is 1.57. The number of hydrogen-bond acceptors (Lipinski definition) is 0. The molecule has 0 atom stereocenters. The molecule has 0 spiro atoms. The molecule has 0 heterocycles. The van der Waals surface area contributed by atoms with Gasteiger partial charge in [0.2, 0.25) is 0 Å². The molecular formula is C17H16. The van der Waals surface area contributed by atoms with E-state index in [0.717, 1.165) is 5.57 Å². The third-order valence-corrected chi connectivity index (χ3v) is 2.82. The van der Waals surface area contributed by atoms with Gasteiger partial charge in [-0.25, -0.2) is 0 Å². The van der Waals surface area contributed by atoms with Gasteiger partial charge in [-0.05, 0) is 29.2 Å². The molecule has 0 radical (unpaired) electrons. The van der Waals surface area contributed by atoms with E-state index in [9.17, 15) is 0 Å². The topological polar surface area (TPSA) is 0 Å². The minimum Gasteiger partial charge on any atom is -0.0905 e. The molecule has 17 heavy (non-hydrogen) atoms. The van der Waals surface area contributed by atoms with Gasteiger partial charge in [0.15, 0.2) is 0 Å². The fourth-order valence-electron chi connectivity index (χ4n) is 1.93. The highest BCUT2D eigenvalue weighted by Gasteiger charge is 2.06. The molecule has 0 fully saturated rings. The molecule has 0 N–H and O–H groups in total. The standard InChI is InChI=1S/C17H16/c1-3-17(16-12-8-5-9-13-16)14(2)15-10-6-4-7-11-15/h3-13H,2H2,1H3. The third-order valence-electron chi connectivity index (χ3n) is 2.82. The van der Waals surface area contributed by atoms with Gasteiger partial charge in [-0.3, -0.25) is 0 Å². The van der Waals surface area contributed by atoms with Crippen LogP contribution in [0, 0.1) is 0 Å². The summed E-state index contributed by atoms with van der Waals surface area (Å²) in [6.07, 6.45) is 2.12. The Morgan fingerprint density at radius 1 is 0.824 bits per heavy atom. The molecule has 0 heteroatoms. The lowest BCUT2D eigenvalue weighted by Gasteiger charge is -2.11. The van der Waals surface area contributed by atoms with Gasteiger partial charge in [-0.15, -0.1) is 0 Å². The molecule has 0 aliphatic rings. The SMILES string of the molecule is C=C(C(=CC)c1ccccc1)c1ccccc1. The average molecular weight is 220 g/mol. The van der Waals surface area contributed by atoms with E-state index in [-0.39, 0.29) is 0 Å². The van der Waals surface area contributed by atoms with Gasteiger partial charge in [0.25, 0.3) is 0 Å². The highest BCUT2D eigenvalue weighted by molar-refractivity contribution is 6.03. The second-order valence-electron chi connectivity index (χ2n) is 3.91. The summed E-state index contributed by atoms with van der Waals surface area (Å²) in [5, 5.41) is 0. The van der Waals surface area contributed by atoms with Gasteiger partial charge in [-0.1, -0.05) is 73.3 Å². The molecule has 0 nitrogen and oxygen atoms in total. The van der Waals surface area contributed by atoms with Gasteiger partial charge in [0.1, 0.15) is 0 Å². The zero-order valence-electron chi connectivity index (χ0n) is 10.1. The lowest BCUT2D eigenvalue weighted by atomic mass is 9.94. The highest BCUT2D eigenvalue weighted by Crippen LogP contribution is 2.29. The lowest BCUT2D eigenvalue weighted by Crippen LogP contribution is -1.88. The van der Waals surface area contributed by atoms with Crippen LogP contribution in [0.5, 0.6) is 0 Å². The summed E-state index contributed by atoms with van der Waals surface area (Å²) in [5.41, 5.74) is 4.64. The van der Waals surface area contributed by atoms with E-state index in [2.05, 4.69) is 56.0 Å². The Kier molecular flexibility index (Phi) is 3.56. The van der Waals surface area contributed by atoms with E-state index in [1.807, 2.05) is 24.3 Å². The van der Waals surface area contributed by atoms with E-state index in [1.165, 1.54) is 16.7 Å². The van der Waals surface area contributed by atoms with Crippen LogP contribution in [0.15, 0.2) is 73.3 Å². The van der Waals surface area contributed by atoms with E-state index in [4.69, 9.17) is 0 Å². The molecule has 0 amide bonds. The van der Waals surface area contributed by atoms with Gasteiger partial charge >= 0.3 is 0 Å². The molecule has 0 saturated carbocycles. The van der Waals surface area contributed by atoms with Crippen molar-refractivity contribution in [2.24, 2.45) is 0 Å². The predicted molar refractivity (Wildman–Crippen MR) is 75.6 cm³/mol. The molecule has 84 valence electrons. The van der Waals surface area contributed by atoms with Crippen molar-refractivity contribution in [2.45, 2.75) is 6.92 Å². The van der Waals surface area contributed by atoms with Crippen LogP contribution >= 0.6 is 0 Å². The average Bonchev–Trinajstić information content (AvgIpc) is 2.42. The van der Waals surface area contributed by atoms with Crippen molar-refractivity contribution in [1.29, 1.82) is 0 Å². The van der Waals surface area contributed by atoms with Crippen LogP contribution in [-0.4, -0.2) is 0 Å². The third kappa shape index (κ3) is 2.54. The minimum atomic E-state index is 1.07. The highest BCUT2D eigenvalue weighted by atomic mass is 14.1. The van der Waals surface area contributed by atoms with Crippen LogP contribution in [0.2, 0.25) is 0 Å². The van der Waals surface area contributed by atoms with Crippen LogP contribution in [0.3, 0.4) is 0 Å². The van der Waals surface area contributed by atoms with Crippen molar-refractivity contribution in [2.75, 3.05) is 0 Å². The first kappa shape index (κ1) is 11.4. The van der Waals surface area contributed by atoms with Crippen molar-refractivity contribution in [3.63, 3.8) is 0 Å². The van der Waals surface area contributed by atoms with Crippen molar-refractivity contribution in [3.05, 3.63) is 84.4 Å². The maximum atomic E-state index is 4.20. The fourth-order valence-corrected chi connectivity index (χ4v) is 1.93. The van der Waals surface area contributed by atoms with Crippen molar-refractivity contribution in [1.82, 2.24) is 0 Å². The molecule has 0 aliphatic carbocycles. The van der Waals surface area contributed by atoms with Crippen molar-refractivity contribution >= 4 is 11.1 Å². The maximum Gasteiger partial charge on any atom is -0.0154 e. The minimum absolute atomic E-state index is 1.07. The van der Waals surface area contributed by atoms with Crippen LogP contribution in [0.25, 0.3) is 11.1 Å². The summed E-state index contributed by atoms with van der Waals surface area (Å²) in [4.78, 5) is 0. The van der Waals surface area contributed by atoms with Crippen LogP contribution in [-0.2, 0) is 0 Å². The fraction of sp³-hybridized carbons (Fsp3) is 0.0588. The molecule has 0 aliphatic heterocycles. The smallest absolute Gasteiger partial charge is 0.0154 e. The first-order valence-electron chi connectivity index (χ1n) is 5.79. The summed E-state index contributed by atoms with van der Waals surface area (Å²) < 4.78 is 0. The van der Waals surface area contributed by atoms with Crippen molar-refractivity contribution in [3.8, 4) is 0 Å². The molecule has 2 aromatic carbocycles. The summed E-state index contributed by atoms with van der Waals surface area (Å²) >= 11 is 0. The van der Waals surface area contributed by atoms with Crippen LogP contribution in [0.1, 0.15) is 18.1 Å². The Balaban J connectivity index is 2.37. The Morgan fingerprint density at radius 2 is 1.29 bits per heavy atom. The quantitative estimate of drug-likeness (QED) is 0.651. The Bertz CT molecular complexity index is 518. The first-order valence-corrected chi connectivity index (χ1v) is 5.79. The summed E-state index contributed by atoms with van der Waals surface area (Å²) in [6, 6.07) is 20.7.